The third-order valence-electron chi connectivity index (χ3n) is 4.52. The van der Waals surface area contributed by atoms with Gasteiger partial charge in [0.05, 0.1) is 25.8 Å². The second-order valence-corrected chi connectivity index (χ2v) is 6.67. The fourth-order valence-corrected chi connectivity index (χ4v) is 2.65. The summed E-state index contributed by atoms with van der Waals surface area (Å²) < 4.78 is 10.5. The zero-order chi connectivity index (χ0) is 17.9. The SMILES string of the molecule is CCC(C)(C)NC(=O)C1CC(=O)N(c2ccc(OC)cc2OC)C1. The Kier molecular flexibility index (Phi) is 5.36. The summed E-state index contributed by atoms with van der Waals surface area (Å²) in [5.74, 6) is 0.701. The number of hydrogen-bond donors (Lipinski definition) is 1. The van der Waals surface area contributed by atoms with Crippen molar-refractivity contribution in [2.75, 3.05) is 25.7 Å². The van der Waals surface area contributed by atoms with Crippen molar-refractivity contribution in [3.8, 4) is 11.5 Å². The van der Waals surface area contributed by atoms with Crippen molar-refractivity contribution in [3.05, 3.63) is 18.2 Å². The average molecular weight is 334 g/mol. The molecule has 132 valence electrons. The monoisotopic (exact) mass is 334 g/mol. The number of nitrogens with zero attached hydrogens (tertiary/aromatic N) is 1. The molecule has 1 aliphatic heterocycles. The van der Waals surface area contributed by atoms with Crippen LogP contribution >= 0.6 is 0 Å². The number of carbonyl (C=O) groups is 2. The quantitative estimate of drug-likeness (QED) is 0.867. The summed E-state index contributed by atoms with van der Waals surface area (Å²) in [6, 6.07) is 5.29. The van der Waals surface area contributed by atoms with E-state index in [1.54, 1.807) is 37.3 Å². The van der Waals surface area contributed by atoms with Crippen LogP contribution in [0.25, 0.3) is 0 Å². The van der Waals surface area contributed by atoms with Gasteiger partial charge in [-0.05, 0) is 32.4 Å². The first-order valence-electron chi connectivity index (χ1n) is 8.15. The van der Waals surface area contributed by atoms with Crippen LogP contribution in [-0.4, -0.2) is 38.1 Å². The summed E-state index contributed by atoms with van der Waals surface area (Å²) in [5.41, 5.74) is 0.388. The van der Waals surface area contributed by atoms with Crippen LogP contribution in [0.15, 0.2) is 18.2 Å². The van der Waals surface area contributed by atoms with Crippen molar-refractivity contribution >= 4 is 17.5 Å². The van der Waals surface area contributed by atoms with E-state index in [1.807, 2.05) is 20.8 Å². The molecule has 2 amide bonds. The van der Waals surface area contributed by atoms with Crippen LogP contribution in [0.3, 0.4) is 0 Å². The van der Waals surface area contributed by atoms with Gasteiger partial charge in [-0.15, -0.1) is 0 Å². The lowest BCUT2D eigenvalue weighted by Crippen LogP contribution is -2.46. The van der Waals surface area contributed by atoms with Crippen LogP contribution in [0.2, 0.25) is 0 Å². The molecule has 1 N–H and O–H groups in total. The Labute approximate surface area is 143 Å². The van der Waals surface area contributed by atoms with Crippen molar-refractivity contribution in [2.24, 2.45) is 5.92 Å². The molecule has 6 nitrogen and oxygen atoms in total. The molecule has 1 heterocycles. The van der Waals surface area contributed by atoms with Gasteiger partial charge in [0.25, 0.3) is 0 Å². The van der Waals surface area contributed by atoms with Gasteiger partial charge in [-0.25, -0.2) is 0 Å². The maximum absolute atomic E-state index is 12.5. The highest BCUT2D eigenvalue weighted by atomic mass is 16.5. The molecule has 0 aromatic heterocycles. The highest BCUT2D eigenvalue weighted by Crippen LogP contribution is 2.35. The maximum Gasteiger partial charge on any atom is 0.227 e. The molecule has 0 saturated carbocycles. The third-order valence-corrected chi connectivity index (χ3v) is 4.52. The number of methoxy groups -OCH3 is 2. The number of carbonyl (C=O) groups excluding carboxylic acids is 2. The molecule has 2 rings (SSSR count). The number of hydrogen-bond acceptors (Lipinski definition) is 4. The van der Waals surface area contributed by atoms with Crippen molar-refractivity contribution in [2.45, 2.75) is 39.2 Å². The highest BCUT2D eigenvalue weighted by Gasteiger charge is 2.37. The molecule has 6 heteroatoms. The first-order chi connectivity index (χ1) is 11.3. The molecule has 1 saturated heterocycles. The van der Waals surface area contributed by atoms with E-state index in [1.165, 1.54) is 0 Å². The number of ether oxygens (including phenoxy) is 2. The standard InChI is InChI=1S/C18H26N2O4/c1-6-18(2,3)19-17(22)12-9-16(21)20(11-12)14-8-7-13(23-4)10-15(14)24-5/h7-8,10,12H,6,9,11H2,1-5H3,(H,19,22). The van der Waals surface area contributed by atoms with Gasteiger partial charge in [-0.2, -0.15) is 0 Å². The first-order valence-corrected chi connectivity index (χ1v) is 8.15. The van der Waals surface area contributed by atoms with Crippen molar-refractivity contribution in [1.82, 2.24) is 5.32 Å². The van der Waals surface area contributed by atoms with Gasteiger partial charge in [0.1, 0.15) is 11.5 Å². The van der Waals surface area contributed by atoms with Gasteiger partial charge in [-0.3, -0.25) is 9.59 Å². The summed E-state index contributed by atoms with van der Waals surface area (Å²) in [6.45, 7) is 6.33. The molecule has 1 atom stereocenters. The van der Waals surface area contributed by atoms with Crippen LogP contribution in [0, 0.1) is 5.92 Å². The minimum Gasteiger partial charge on any atom is -0.497 e. The van der Waals surface area contributed by atoms with Gasteiger partial charge >= 0.3 is 0 Å². The summed E-state index contributed by atoms with van der Waals surface area (Å²) in [5, 5.41) is 3.02. The van der Waals surface area contributed by atoms with Crippen LogP contribution in [-0.2, 0) is 9.59 Å². The summed E-state index contributed by atoms with van der Waals surface area (Å²) in [6.07, 6.45) is 1.04. The molecule has 1 aromatic rings. The van der Waals surface area contributed by atoms with E-state index < -0.39 is 0 Å². The van der Waals surface area contributed by atoms with Gasteiger partial charge in [0.15, 0.2) is 0 Å². The largest absolute Gasteiger partial charge is 0.497 e. The van der Waals surface area contributed by atoms with E-state index >= 15 is 0 Å². The maximum atomic E-state index is 12.5. The molecule has 0 radical (unpaired) electrons. The van der Waals surface area contributed by atoms with Gasteiger partial charge in [0.2, 0.25) is 11.8 Å². The lowest BCUT2D eigenvalue weighted by Gasteiger charge is -2.26. The number of rotatable bonds is 6. The Morgan fingerprint density at radius 2 is 2.04 bits per heavy atom. The Balaban J connectivity index is 2.17. The second kappa shape index (κ2) is 7.11. The number of nitrogens with one attached hydrogen (secondary N) is 1. The van der Waals surface area contributed by atoms with E-state index in [9.17, 15) is 9.59 Å². The summed E-state index contributed by atoms with van der Waals surface area (Å²) >= 11 is 0. The van der Waals surface area contributed by atoms with E-state index in [0.29, 0.717) is 23.7 Å². The van der Waals surface area contributed by atoms with Gasteiger partial charge in [-0.1, -0.05) is 6.92 Å². The predicted molar refractivity (Wildman–Crippen MR) is 92.5 cm³/mol. The topological polar surface area (TPSA) is 67.9 Å². The number of anilines is 1. The second-order valence-electron chi connectivity index (χ2n) is 6.67. The molecule has 0 aliphatic carbocycles. The van der Waals surface area contributed by atoms with Crippen LogP contribution in [0.1, 0.15) is 33.6 Å². The highest BCUT2D eigenvalue weighted by molar-refractivity contribution is 6.01. The Bertz CT molecular complexity index is 627. The molecular weight excluding hydrogens is 308 g/mol. The average Bonchev–Trinajstić information content (AvgIpc) is 2.95. The van der Waals surface area contributed by atoms with E-state index in [4.69, 9.17) is 9.47 Å². The zero-order valence-electron chi connectivity index (χ0n) is 15.0. The smallest absolute Gasteiger partial charge is 0.227 e. The summed E-state index contributed by atoms with van der Waals surface area (Å²) in [4.78, 5) is 26.5. The molecule has 1 aliphatic rings. The molecule has 0 bridgehead atoms. The summed E-state index contributed by atoms with van der Waals surface area (Å²) in [7, 11) is 3.12. The van der Waals surface area contributed by atoms with Crippen molar-refractivity contribution in [3.63, 3.8) is 0 Å². The van der Waals surface area contributed by atoms with Crippen LogP contribution in [0.5, 0.6) is 11.5 Å². The molecule has 1 aromatic carbocycles. The molecule has 1 unspecified atom stereocenters. The minimum absolute atomic E-state index is 0.0760. The fourth-order valence-electron chi connectivity index (χ4n) is 2.65. The third kappa shape index (κ3) is 3.80. The van der Waals surface area contributed by atoms with E-state index in [0.717, 1.165) is 6.42 Å². The molecule has 1 fully saturated rings. The normalized spacial score (nSPS) is 17.8. The predicted octanol–water partition coefficient (Wildman–Crippen LogP) is 2.36. The van der Waals surface area contributed by atoms with Crippen LogP contribution in [0.4, 0.5) is 5.69 Å². The van der Waals surface area contributed by atoms with Crippen molar-refractivity contribution < 1.29 is 19.1 Å². The van der Waals surface area contributed by atoms with E-state index in [-0.39, 0.29) is 29.7 Å². The Morgan fingerprint density at radius 3 is 2.62 bits per heavy atom. The van der Waals surface area contributed by atoms with E-state index in [2.05, 4.69) is 5.32 Å². The number of benzene rings is 1. The van der Waals surface area contributed by atoms with Gasteiger partial charge in [0, 0.05) is 24.6 Å². The fraction of sp³-hybridized carbons (Fsp3) is 0.556. The minimum atomic E-state index is -0.352. The Morgan fingerprint density at radius 1 is 1.33 bits per heavy atom. The Hall–Kier alpha value is -2.24. The molecule has 0 spiro atoms. The first kappa shape index (κ1) is 18.1. The zero-order valence-corrected chi connectivity index (χ0v) is 15.0. The lowest BCUT2D eigenvalue weighted by atomic mass is 9.99. The molecular formula is C18H26N2O4. The number of amides is 2. The lowest BCUT2D eigenvalue weighted by molar-refractivity contribution is -0.127. The van der Waals surface area contributed by atoms with Crippen LogP contribution < -0.4 is 19.7 Å². The van der Waals surface area contributed by atoms with Crippen molar-refractivity contribution in [1.29, 1.82) is 0 Å². The molecule has 24 heavy (non-hydrogen) atoms. The van der Waals surface area contributed by atoms with Gasteiger partial charge < -0.3 is 19.7 Å².